The average Bonchev–Trinajstić information content (AvgIpc) is 2.03. The van der Waals surface area contributed by atoms with E-state index in [-0.39, 0.29) is 10.7 Å². The maximum absolute atomic E-state index is 11.6. The summed E-state index contributed by atoms with van der Waals surface area (Å²) in [7, 11) is 0. The first-order valence-electron chi connectivity index (χ1n) is 4.91. The van der Waals surface area contributed by atoms with E-state index in [0.717, 1.165) is 0 Å². The summed E-state index contributed by atoms with van der Waals surface area (Å²) in [4.78, 5) is 11.6. The Bertz CT molecular complexity index is 175. The zero-order chi connectivity index (χ0) is 10.6. The maximum Gasteiger partial charge on any atom is 0.136 e. The first kappa shape index (κ1) is 13.0. The van der Waals surface area contributed by atoms with Gasteiger partial charge in [-0.1, -0.05) is 27.7 Å². The van der Waals surface area contributed by atoms with Gasteiger partial charge in [0.25, 0.3) is 0 Å². The lowest BCUT2D eigenvalue weighted by Crippen LogP contribution is -2.31. The van der Waals surface area contributed by atoms with Crippen molar-refractivity contribution in [3.8, 4) is 0 Å². The van der Waals surface area contributed by atoms with Gasteiger partial charge in [-0.15, -0.1) is 0 Å². The van der Waals surface area contributed by atoms with Crippen molar-refractivity contribution in [3.63, 3.8) is 0 Å². The number of carbonyl (C=O) groups is 1. The minimum atomic E-state index is 0.112. The fourth-order valence-electron chi connectivity index (χ4n) is 1.06. The summed E-state index contributed by atoms with van der Waals surface area (Å²) in [5, 5.41) is 0. The standard InChI is InChI=1S/C11H22OS/c1-8(2)10(12)7-11(5,13-6)9(3)4/h8-9H,7H2,1-6H3. The van der Waals surface area contributed by atoms with Gasteiger partial charge in [-0.3, -0.25) is 4.79 Å². The lowest BCUT2D eigenvalue weighted by Gasteiger charge is -2.31. The van der Waals surface area contributed by atoms with Gasteiger partial charge in [-0.25, -0.2) is 0 Å². The normalized spacial score (nSPS) is 16.3. The molecular weight excluding hydrogens is 180 g/mol. The molecule has 0 radical (unpaired) electrons. The van der Waals surface area contributed by atoms with Crippen LogP contribution in [0.3, 0.4) is 0 Å². The number of thioether (sulfide) groups is 1. The van der Waals surface area contributed by atoms with Gasteiger partial charge in [0, 0.05) is 17.1 Å². The third kappa shape index (κ3) is 3.72. The fourth-order valence-corrected chi connectivity index (χ4v) is 1.82. The van der Waals surface area contributed by atoms with Crippen molar-refractivity contribution in [2.75, 3.05) is 6.26 Å². The molecule has 0 bridgehead atoms. The van der Waals surface area contributed by atoms with Crippen LogP contribution in [0.15, 0.2) is 0 Å². The summed E-state index contributed by atoms with van der Waals surface area (Å²) in [6.07, 6.45) is 2.79. The van der Waals surface area contributed by atoms with Crippen molar-refractivity contribution in [2.45, 2.75) is 45.8 Å². The molecule has 0 aliphatic heterocycles. The van der Waals surface area contributed by atoms with E-state index in [4.69, 9.17) is 0 Å². The quantitative estimate of drug-likeness (QED) is 0.680. The second kappa shape index (κ2) is 5.04. The minimum absolute atomic E-state index is 0.112. The Morgan fingerprint density at radius 1 is 1.31 bits per heavy atom. The molecule has 0 spiro atoms. The van der Waals surface area contributed by atoms with Crippen LogP contribution in [0.5, 0.6) is 0 Å². The van der Waals surface area contributed by atoms with Crippen LogP contribution in [0.4, 0.5) is 0 Å². The fraction of sp³-hybridized carbons (Fsp3) is 0.909. The number of hydrogen-bond acceptors (Lipinski definition) is 2. The molecule has 0 saturated carbocycles. The van der Waals surface area contributed by atoms with Gasteiger partial charge < -0.3 is 0 Å². The molecule has 0 N–H and O–H groups in total. The largest absolute Gasteiger partial charge is 0.299 e. The zero-order valence-electron chi connectivity index (χ0n) is 9.68. The van der Waals surface area contributed by atoms with E-state index >= 15 is 0 Å². The van der Waals surface area contributed by atoms with E-state index in [1.54, 1.807) is 11.8 Å². The zero-order valence-corrected chi connectivity index (χ0v) is 10.5. The van der Waals surface area contributed by atoms with Crippen LogP contribution in [0.1, 0.15) is 41.0 Å². The van der Waals surface area contributed by atoms with Crippen LogP contribution in [-0.4, -0.2) is 16.8 Å². The lowest BCUT2D eigenvalue weighted by atomic mass is 9.88. The van der Waals surface area contributed by atoms with Crippen molar-refractivity contribution in [2.24, 2.45) is 11.8 Å². The number of hydrogen-bond donors (Lipinski definition) is 0. The first-order valence-corrected chi connectivity index (χ1v) is 6.14. The van der Waals surface area contributed by atoms with E-state index < -0.39 is 0 Å². The Kier molecular flexibility index (Phi) is 5.05. The topological polar surface area (TPSA) is 17.1 Å². The van der Waals surface area contributed by atoms with E-state index in [1.807, 2.05) is 13.8 Å². The molecule has 1 atom stereocenters. The van der Waals surface area contributed by atoms with Crippen LogP contribution >= 0.6 is 11.8 Å². The van der Waals surface area contributed by atoms with Gasteiger partial charge in [-0.05, 0) is 19.1 Å². The highest BCUT2D eigenvalue weighted by Gasteiger charge is 2.30. The molecule has 0 rings (SSSR count). The van der Waals surface area contributed by atoms with E-state index in [9.17, 15) is 4.79 Å². The van der Waals surface area contributed by atoms with Crippen molar-refractivity contribution in [3.05, 3.63) is 0 Å². The Morgan fingerprint density at radius 3 is 2.00 bits per heavy atom. The van der Waals surface area contributed by atoms with Crippen LogP contribution in [0.2, 0.25) is 0 Å². The van der Waals surface area contributed by atoms with Gasteiger partial charge in [-0.2, -0.15) is 11.8 Å². The molecule has 0 heterocycles. The molecule has 1 nitrogen and oxygen atoms in total. The number of carbonyl (C=O) groups excluding carboxylic acids is 1. The molecule has 13 heavy (non-hydrogen) atoms. The second-order valence-electron chi connectivity index (χ2n) is 4.47. The third-order valence-corrected chi connectivity index (χ3v) is 4.41. The Morgan fingerprint density at radius 2 is 1.77 bits per heavy atom. The summed E-state index contributed by atoms with van der Waals surface area (Å²) < 4.78 is 0.112. The highest BCUT2D eigenvalue weighted by atomic mass is 32.2. The summed E-state index contributed by atoms with van der Waals surface area (Å²) in [5.74, 6) is 1.10. The summed E-state index contributed by atoms with van der Waals surface area (Å²) in [6, 6.07) is 0. The van der Waals surface area contributed by atoms with E-state index in [1.165, 1.54) is 0 Å². The van der Waals surface area contributed by atoms with Gasteiger partial charge >= 0.3 is 0 Å². The van der Waals surface area contributed by atoms with Crippen LogP contribution in [0, 0.1) is 11.8 Å². The molecule has 0 aliphatic carbocycles. The van der Waals surface area contributed by atoms with Crippen molar-refractivity contribution in [1.82, 2.24) is 0 Å². The predicted molar refractivity (Wildman–Crippen MR) is 61.2 cm³/mol. The van der Waals surface area contributed by atoms with Crippen LogP contribution in [-0.2, 0) is 4.79 Å². The third-order valence-electron chi connectivity index (χ3n) is 2.86. The maximum atomic E-state index is 11.6. The lowest BCUT2D eigenvalue weighted by molar-refractivity contribution is -0.122. The monoisotopic (exact) mass is 202 g/mol. The Balaban J connectivity index is 4.36. The molecule has 78 valence electrons. The van der Waals surface area contributed by atoms with Gasteiger partial charge in [0.05, 0.1) is 0 Å². The molecule has 0 amide bonds. The molecular formula is C11H22OS. The van der Waals surface area contributed by atoms with Gasteiger partial charge in [0.2, 0.25) is 0 Å². The molecule has 1 unspecified atom stereocenters. The van der Waals surface area contributed by atoms with Gasteiger partial charge in [0.15, 0.2) is 0 Å². The summed E-state index contributed by atoms with van der Waals surface area (Å²) in [5.41, 5.74) is 0. The summed E-state index contributed by atoms with van der Waals surface area (Å²) >= 11 is 1.81. The highest BCUT2D eigenvalue weighted by Crippen LogP contribution is 2.35. The second-order valence-corrected chi connectivity index (χ2v) is 5.81. The molecule has 2 heteroatoms. The number of rotatable bonds is 5. The molecule has 0 saturated heterocycles. The van der Waals surface area contributed by atoms with Crippen LogP contribution < -0.4 is 0 Å². The van der Waals surface area contributed by atoms with Crippen molar-refractivity contribution >= 4 is 17.5 Å². The summed E-state index contributed by atoms with van der Waals surface area (Å²) in [6.45, 7) is 10.5. The molecule has 0 aromatic carbocycles. The van der Waals surface area contributed by atoms with E-state index in [0.29, 0.717) is 18.1 Å². The van der Waals surface area contributed by atoms with Gasteiger partial charge in [0.1, 0.15) is 5.78 Å². The smallest absolute Gasteiger partial charge is 0.136 e. The minimum Gasteiger partial charge on any atom is -0.299 e. The van der Waals surface area contributed by atoms with E-state index in [2.05, 4.69) is 27.0 Å². The average molecular weight is 202 g/mol. The number of Topliss-reactive ketones (excluding diaryl/α,β-unsaturated/α-hetero) is 1. The SMILES string of the molecule is CSC(C)(CC(=O)C(C)C)C(C)C. The Labute approximate surface area is 86.7 Å². The molecule has 0 aromatic rings. The van der Waals surface area contributed by atoms with Crippen LogP contribution in [0.25, 0.3) is 0 Å². The first-order chi connectivity index (χ1) is 5.83. The molecule has 0 fully saturated rings. The van der Waals surface area contributed by atoms with Crippen molar-refractivity contribution < 1.29 is 4.79 Å². The highest BCUT2D eigenvalue weighted by molar-refractivity contribution is 8.00. The molecule has 0 aliphatic rings. The number of ketones is 1. The molecule has 0 aromatic heterocycles. The Hall–Kier alpha value is 0.0200. The predicted octanol–water partition coefficient (Wildman–Crippen LogP) is 3.38. The van der Waals surface area contributed by atoms with Crippen molar-refractivity contribution in [1.29, 1.82) is 0 Å².